The molecule has 0 spiro atoms. The van der Waals surface area contributed by atoms with Crippen LogP contribution in [0.15, 0.2) is 36.7 Å². The van der Waals surface area contributed by atoms with E-state index in [2.05, 4.69) is 27.3 Å². The molecule has 0 saturated carbocycles. The van der Waals surface area contributed by atoms with E-state index in [0.29, 0.717) is 23.6 Å². The van der Waals surface area contributed by atoms with Crippen LogP contribution in [0.3, 0.4) is 0 Å². The third-order valence-corrected chi connectivity index (χ3v) is 5.40. The zero-order valence-electron chi connectivity index (χ0n) is 13.9. The topological polar surface area (TPSA) is 63.1 Å². The van der Waals surface area contributed by atoms with E-state index in [-0.39, 0.29) is 5.91 Å². The number of para-hydroxylation sites is 1. The fraction of sp³-hybridized carbons (Fsp3) is 0.500. The molecular formula is C18H23N5O. The minimum Gasteiger partial charge on any atom is -0.334 e. The molecule has 4 rings (SSSR count). The van der Waals surface area contributed by atoms with Crippen LogP contribution in [-0.4, -0.2) is 51.0 Å². The van der Waals surface area contributed by atoms with Crippen LogP contribution in [0.1, 0.15) is 36.5 Å². The maximum atomic E-state index is 13.3. The Hall–Kier alpha value is -2.21. The summed E-state index contributed by atoms with van der Waals surface area (Å²) < 4.78 is 0. The highest BCUT2D eigenvalue weighted by atomic mass is 16.2. The Balaban J connectivity index is 1.66. The Labute approximate surface area is 141 Å². The summed E-state index contributed by atoms with van der Waals surface area (Å²) in [6.45, 7) is 4.04. The molecule has 2 saturated heterocycles. The number of rotatable bonds is 3. The van der Waals surface area contributed by atoms with Gasteiger partial charge in [-0.2, -0.15) is 15.0 Å². The number of carbonyl (C=O) groups is 1. The predicted octanol–water partition coefficient (Wildman–Crippen LogP) is 1.87. The number of amides is 1. The molecule has 1 amide bonds. The van der Waals surface area contributed by atoms with E-state index in [1.165, 1.54) is 11.2 Å². The highest BCUT2D eigenvalue weighted by molar-refractivity contribution is 5.98. The molecule has 0 radical (unpaired) electrons. The van der Waals surface area contributed by atoms with Crippen LogP contribution in [-0.2, 0) is 0 Å². The summed E-state index contributed by atoms with van der Waals surface area (Å²) in [7, 11) is 0. The van der Waals surface area contributed by atoms with Crippen molar-refractivity contribution in [2.75, 3.05) is 13.1 Å². The lowest BCUT2D eigenvalue weighted by Crippen LogP contribution is -2.53. The lowest BCUT2D eigenvalue weighted by atomic mass is 9.86. The minimum atomic E-state index is 0.0851. The second-order valence-corrected chi connectivity index (χ2v) is 6.70. The molecule has 2 aliphatic heterocycles. The molecule has 1 aromatic heterocycles. The first-order valence-electron chi connectivity index (χ1n) is 8.78. The van der Waals surface area contributed by atoms with E-state index < -0.39 is 0 Å². The van der Waals surface area contributed by atoms with Crippen molar-refractivity contribution in [3.8, 4) is 5.69 Å². The summed E-state index contributed by atoms with van der Waals surface area (Å²) >= 11 is 0. The summed E-state index contributed by atoms with van der Waals surface area (Å²) in [6.07, 6.45) is 6.59. The van der Waals surface area contributed by atoms with E-state index >= 15 is 0 Å². The van der Waals surface area contributed by atoms with Gasteiger partial charge in [0.2, 0.25) is 0 Å². The van der Waals surface area contributed by atoms with Crippen LogP contribution in [0.5, 0.6) is 0 Å². The van der Waals surface area contributed by atoms with Crippen molar-refractivity contribution in [1.29, 1.82) is 0 Å². The van der Waals surface area contributed by atoms with Gasteiger partial charge in [0.05, 0.1) is 23.6 Å². The van der Waals surface area contributed by atoms with Gasteiger partial charge in [-0.25, -0.2) is 0 Å². The number of carbonyl (C=O) groups excluding carboxylic acids is 1. The Morgan fingerprint density at radius 1 is 1.29 bits per heavy atom. The van der Waals surface area contributed by atoms with E-state index in [9.17, 15) is 4.79 Å². The highest BCUT2D eigenvalue weighted by Gasteiger charge is 2.39. The monoisotopic (exact) mass is 325 g/mol. The van der Waals surface area contributed by atoms with Crippen molar-refractivity contribution >= 4 is 5.91 Å². The van der Waals surface area contributed by atoms with Crippen molar-refractivity contribution in [2.24, 2.45) is 5.92 Å². The van der Waals surface area contributed by atoms with Gasteiger partial charge in [-0.1, -0.05) is 19.1 Å². The fourth-order valence-electron chi connectivity index (χ4n) is 4.11. The molecule has 126 valence electrons. The molecule has 6 nitrogen and oxygen atoms in total. The van der Waals surface area contributed by atoms with Gasteiger partial charge < -0.3 is 10.2 Å². The molecule has 0 aliphatic carbocycles. The molecular weight excluding hydrogens is 302 g/mol. The molecule has 3 heterocycles. The van der Waals surface area contributed by atoms with Crippen LogP contribution < -0.4 is 5.32 Å². The van der Waals surface area contributed by atoms with Gasteiger partial charge in [0.25, 0.3) is 5.91 Å². The summed E-state index contributed by atoms with van der Waals surface area (Å²) in [5.41, 5.74) is 1.41. The quantitative estimate of drug-likeness (QED) is 0.936. The van der Waals surface area contributed by atoms with Crippen LogP contribution in [0.25, 0.3) is 5.69 Å². The Morgan fingerprint density at radius 3 is 2.88 bits per heavy atom. The van der Waals surface area contributed by atoms with Crippen molar-refractivity contribution in [2.45, 2.75) is 38.3 Å². The maximum Gasteiger partial charge on any atom is 0.256 e. The molecule has 2 aromatic rings. The highest BCUT2D eigenvalue weighted by Crippen LogP contribution is 2.32. The molecule has 0 bridgehead atoms. The van der Waals surface area contributed by atoms with Gasteiger partial charge in [0.1, 0.15) is 0 Å². The first-order chi connectivity index (χ1) is 11.8. The first-order valence-corrected chi connectivity index (χ1v) is 8.78. The number of aromatic nitrogens is 3. The number of hydrogen-bond donors (Lipinski definition) is 1. The molecule has 0 unspecified atom stereocenters. The van der Waals surface area contributed by atoms with Crippen LogP contribution in [0.2, 0.25) is 0 Å². The van der Waals surface area contributed by atoms with Gasteiger partial charge in [-0.05, 0) is 43.9 Å². The molecule has 1 aromatic carbocycles. The van der Waals surface area contributed by atoms with E-state index in [0.717, 1.165) is 31.6 Å². The number of benzene rings is 1. The second kappa shape index (κ2) is 6.36. The molecule has 6 heteroatoms. The van der Waals surface area contributed by atoms with E-state index in [4.69, 9.17) is 0 Å². The Kier molecular flexibility index (Phi) is 4.06. The standard InChI is InChI=1S/C18H23N5O/c1-2-14-11-13-7-8-19-16(13)12-22(14)18(24)15-5-3-4-6-17(15)23-20-9-10-21-23/h3-6,9-10,13-14,16,19H,2,7-8,11-12H2,1H3/t13-,14-,16+/m1/s1. The van der Waals surface area contributed by atoms with Crippen molar-refractivity contribution in [1.82, 2.24) is 25.2 Å². The molecule has 1 N–H and O–H groups in total. The lowest BCUT2D eigenvalue weighted by Gasteiger charge is -2.41. The van der Waals surface area contributed by atoms with Gasteiger partial charge in [-0.15, -0.1) is 0 Å². The zero-order chi connectivity index (χ0) is 16.5. The SMILES string of the molecule is CC[C@@H]1C[C@H]2CCN[C@H]2CN1C(=O)c1ccccc1-n1nccn1. The van der Waals surface area contributed by atoms with Gasteiger partial charge in [0.15, 0.2) is 0 Å². The fourth-order valence-corrected chi connectivity index (χ4v) is 4.11. The van der Waals surface area contributed by atoms with Crippen molar-refractivity contribution in [3.63, 3.8) is 0 Å². The maximum absolute atomic E-state index is 13.3. The average molecular weight is 325 g/mol. The van der Waals surface area contributed by atoms with Gasteiger partial charge in [0, 0.05) is 18.6 Å². The molecule has 2 aliphatic rings. The molecule has 24 heavy (non-hydrogen) atoms. The third kappa shape index (κ3) is 2.60. The average Bonchev–Trinajstić information content (AvgIpc) is 3.31. The number of piperidine rings is 1. The molecule has 2 fully saturated rings. The number of likely N-dealkylation sites (tertiary alicyclic amines) is 1. The van der Waals surface area contributed by atoms with E-state index in [1.54, 1.807) is 12.4 Å². The van der Waals surface area contributed by atoms with Gasteiger partial charge >= 0.3 is 0 Å². The summed E-state index contributed by atoms with van der Waals surface area (Å²) in [5.74, 6) is 0.795. The number of hydrogen-bond acceptors (Lipinski definition) is 4. The third-order valence-electron chi connectivity index (χ3n) is 5.40. The largest absolute Gasteiger partial charge is 0.334 e. The normalized spacial score (nSPS) is 26.4. The summed E-state index contributed by atoms with van der Waals surface area (Å²) in [5, 5.41) is 11.9. The zero-order valence-corrected chi connectivity index (χ0v) is 13.9. The Bertz CT molecular complexity index is 714. The summed E-state index contributed by atoms with van der Waals surface area (Å²) in [6, 6.07) is 8.35. The number of fused-ring (bicyclic) bond motifs is 1. The van der Waals surface area contributed by atoms with E-state index in [1.807, 2.05) is 24.3 Å². The number of nitrogens with zero attached hydrogens (tertiary/aromatic N) is 4. The second-order valence-electron chi connectivity index (χ2n) is 6.70. The number of nitrogens with one attached hydrogen (secondary N) is 1. The first kappa shape index (κ1) is 15.3. The van der Waals surface area contributed by atoms with Crippen molar-refractivity contribution < 1.29 is 4.79 Å². The van der Waals surface area contributed by atoms with Gasteiger partial charge in [-0.3, -0.25) is 4.79 Å². The van der Waals surface area contributed by atoms with Crippen LogP contribution >= 0.6 is 0 Å². The Morgan fingerprint density at radius 2 is 2.08 bits per heavy atom. The van der Waals surface area contributed by atoms with Crippen LogP contribution in [0.4, 0.5) is 0 Å². The minimum absolute atomic E-state index is 0.0851. The smallest absolute Gasteiger partial charge is 0.256 e. The van der Waals surface area contributed by atoms with Crippen molar-refractivity contribution in [3.05, 3.63) is 42.2 Å². The lowest BCUT2D eigenvalue weighted by molar-refractivity contribution is 0.0508. The predicted molar refractivity (Wildman–Crippen MR) is 91.0 cm³/mol. The van der Waals surface area contributed by atoms with Crippen LogP contribution in [0, 0.1) is 5.92 Å². The molecule has 3 atom stereocenters. The summed E-state index contributed by atoms with van der Waals surface area (Å²) in [4.78, 5) is 16.9.